The van der Waals surface area contributed by atoms with Gasteiger partial charge in [0, 0.05) is 11.5 Å². The third-order valence-corrected chi connectivity index (χ3v) is 6.02. The first-order chi connectivity index (χ1) is 16.2. The van der Waals surface area contributed by atoms with Gasteiger partial charge in [-0.1, -0.05) is 11.6 Å². The minimum atomic E-state index is -4.53. The zero-order chi connectivity index (χ0) is 24.0. The number of aromatic nitrogens is 2. The number of benzene rings is 2. The number of anilines is 2. The average molecular weight is 500 g/mol. The van der Waals surface area contributed by atoms with E-state index in [0.717, 1.165) is 18.2 Å². The van der Waals surface area contributed by atoms with E-state index in [1.165, 1.54) is 13.4 Å². The van der Waals surface area contributed by atoms with E-state index in [1.54, 1.807) is 12.1 Å². The number of ether oxygens (including phenoxy) is 4. The molecule has 1 aromatic heterocycles. The van der Waals surface area contributed by atoms with Gasteiger partial charge in [-0.05, 0) is 24.3 Å². The van der Waals surface area contributed by atoms with Crippen LogP contribution in [-0.2, 0) is 15.7 Å². The Balaban J connectivity index is 1.47. The summed E-state index contributed by atoms with van der Waals surface area (Å²) in [5.41, 5.74) is -0.389. The van der Waals surface area contributed by atoms with E-state index >= 15 is 0 Å². The second-order valence-corrected chi connectivity index (χ2v) is 8.24. The summed E-state index contributed by atoms with van der Waals surface area (Å²) in [4.78, 5) is 8.38. The lowest BCUT2D eigenvalue weighted by Crippen LogP contribution is -2.33. The molecular weight excluding hydrogens is 482 g/mol. The van der Waals surface area contributed by atoms with Gasteiger partial charge in [-0.15, -0.1) is 0 Å². The first-order valence-electron chi connectivity index (χ1n) is 10.2. The van der Waals surface area contributed by atoms with E-state index in [4.69, 9.17) is 30.5 Å². The molecule has 1 N–H and O–H groups in total. The molecule has 3 heterocycles. The van der Waals surface area contributed by atoms with Crippen LogP contribution in [0.2, 0.25) is 5.02 Å². The Morgan fingerprint density at radius 1 is 1.06 bits per heavy atom. The number of hydrogen-bond donors (Lipinski definition) is 1. The number of alkyl halides is 4. The van der Waals surface area contributed by atoms with E-state index in [9.17, 15) is 17.6 Å². The molecule has 0 radical (unpaired) electrons. The quantitative estimate of drug-likeness (QED) is 0.498. The second kappa shape index (κ2) is 8.71. The number of nitrogens with one attached hydrogen (secondary N) is 1. The molecule has 2 fully saturated rings. The zero-order valence-electron chi connectivity index (χ0n) is 17.6. The van der Waals surface area contributed by atoms with E-state index in [0.29, 0.717) is 22.4 Å². The summed E-state index contributed by atoms with van der Waals surface area (Å²) in [6.07, 6.45) is -6.24. The smallest absolute Gasteiger partial charge is 0.416 e. The molecule has 34 heavy (non-hydrogen) atoms. The third kappa shape index (κ3) is 4.19. The SMILES string of the molecule is COc1cc2c(Nc3cc(C(F)(F)F)ccc3Cl)ncnc2cc1OC1CO[C@H]2C(F)CO[C@@H]12. The Hall–Kier alpha value is -2.89. The molecule has 0 amide bonds. The molecule has 7 nitrogen and oxygen atoms in total. The molecule has 2 aliphatic rings. The maximum Gasteiger partial charge on any atom is 0.416 e. The summed E-state index contributed by atoms with van der Waals surface area (Å²) in [6.45, 7) is 0.103. The highest BCUT2D eigenvalue weighted by molar-refractivity contribution is 6.33. The van der Waals surface area contributed by atoms with Crippen molar-refractivity contribution < 1.29 is 36.5 Å². The maximum atomic E-state index is 13.9. The number of halogens is 5. The summed E-state index contributed by atoms with van der Waals surface area (Å²) in [7, 11) is 1.44. The van der Waals surface area contributed by atoms with Crippen LogP contribution >= 0.6 is 11.6 Å². The standard InChI is InChI=1S/C22H18ClF4N3O4/c1-31-16-5-11-14(6-17(16)34-18-8-33-19-13(24)7-32-20(18)19)28-9-29-21(11)30-15-4-10(22(25,26)27)2-3-12(15)23/h2-6,9,13,18-20H,7-8H2,1H3,(H,28,29,30)/t13?,18?,19-,20-/m0/s1. The van der Waals surface area contributed by atoms with Crippen LogP contribution in [0.1, 0.15) is 5.56 Å². The van der Waals surface area contributed by atoms with Crippen LogP contribution in [-0.4, -0.2) is 54.8 Å². The van der Waals surface area contributed by atoms with Crippen molar-refractivity contribution in [2.24, 2.45) is 0 Å². The highest BCUT2D eigenvalue weighted by atomic mass is 35.5. The van der Waals surface area contributed by atoms with Crippen LogP contribution in [0.4, 0.5) is 29.1 Å². The molecule has 2 saturated heterocycles. The fourth-order valence-corrected chi connectivity index (χ4v) is 4.19. The minimum absolute atomic E-state index is 0.0316. The van der Waals surface area contributed by atoms with Gasteiger partial charge in [-0.25, -0.2) is 14.4 Å². The Labute approximate surface area is 195 Å². The van der Waals surface area contributed by atoms with Crippen molar-refractivity contribution >= 4 is 34.0 Å². The first kappa shape index (κ1) is 22.9. The van der Waals surface area contributed by atoms with Crippen molar-refractivity contribution in [2.75, 3.05) is 25.6 Å². The summed E-state index contributed by atoms with van der Waals surface area (Å²) in [5, 5.41) is 3.39. The number of hydrogen-bond acceptors (Lipinski definition) is 7. The van der Waals surface area contributed by atoms with Crippen molar-refractivity contribution in [1.82, 2.24) is 9.97 Å². The number of methoxy groups -OCH3 is 1. The lowest BCUT2D eigenvalue weighted by Gasteiger charge is -2.20. The van der Waals surface area contributed by atoms with Gasteiger partial charge in [-0.3, -0.25) is 0 Å². The van der Waals surface area contributed by atoms with Gasteiger partial charge < -0.3 is 24.3 Å². The van der Waals surface area contributed by atoms with E-state index in [2.05, 4.69) is 15.3 Å². The van der Waals surface area contributed by atoms with Crippen molar-refractivity contribution in [3.05, 3.63) is 47.2 Å². The lowest BCUT2D eigenvalue weighted by atomic mass is 10.1. The minimum Gasteiger partial charge on any atom is -0.493 e. The van der Waals surface area contributed by atoms with Crippen LogP contribution in [0.3, 0.4) is 0 Å². The number of fused-ring (bicyclic) bond motifs is 2. The Bertz CT molecular complexity index is 1230. The highest BCUT2D eigenvalue weighted by Crippen LogP contribution is 2.39. The topological polar surface area (TPSA) is 74.7 Å². The molecule has 3 aromatic rings. The van der Waals surface area contributed by atoms with Gasteiger partial charge in [0.2, 0.25) is 0 Å². The molecule has 0 spiro atoms. The summed E-state index contributed by atoms with van der Waals surface area (Å²) in [5.74, 6) is 0.871. The Kier molecular flexibility index (Phi) is 5.86. The molecule has 5 rings (SSSR count). The average Bonchev–Trinajstić information content (AvgIpc) is 3.37. The molecule has 180 valence electrons. The number of nitrogens with zero attached hydrogens (tertiary/aromatic N) is 2. The Morgan fingerprint density at radius 3 is 2.62 bits per heavy atom. The van der Waals surface area contributed by atoms with E-state index < -0.39 is 36.2 Å². The van der Waals surface area contributed by atoms with Gasteiger partial charge in [0.05, 0.1) is 42.1 Å². The van der Waals surface area contributed by atoms with Gasteiger partial charge >= 0.3 is 6.18 Å². The monoisotopic (exact) mass is 499 g/mol. The molecule has 2 unspecified atom stereocenters. The Morgan fingerprint density at radius 2 is 1.85 bits per heavy atom. The van der Waals surface area contributed by atoms with Crippen molar-refractivity contribution in [3.8, 4) is 11.5 Å². The molecule has 0 saturated carbocycles. The third-order valence-electron chi connectivity index (χ3n) is 5.69. The molecular formula is C22H18ClF4N3O4. The van der Waals surface area contributed by atoms with Crippen LogP contribution in [0.5, 0.6) is 11.5 Å². The maximum absolute atomic E-state index is 13.9. The van der Waals surface area contributed by atoms with Crippen molar-refractivity contribution in [1.29, 1.82) is 0 Å². The molecule has 4 atom stereocenters. The van der Waals surface area contributed by atoms with Gasteiger partial charge in [0.15, 0.2) is 23.8 Å². The van der Waals surface area contributed by atoms with Gasteiger partial charge in [0.1, 0.15) is 24.4 Å². The molecule has 2 aliphatic heterocycles. The molecule has 0 aliphatic carbocycles. The molecule has 12 heteroatoms. The van der Waals surface area contributed by atoms with Crippen LogP contribution in [0, 0.1) is 0 Å². The van der Waals surface area contributed by atoms with Gasteiger partial charge in [0.25, 0.3) is 0 Å². The molecule has 2 aromatic carbocycles. The largest absolute Gasteiger partial charge is 0.493 e. The predicted molar refractivity (Wildman–Crippen MR) is 115 cm³/mol. The summed E-state index contributed by atoms with van der Waals surface area (Å²) in [6, 6.07) is 6.15. The van der Waals surface area contributed by atoms with E-state index in [-0.39, 0.29) is 29.7 Å². The predicted octanol–water partition coefficient (Wildman–Crippen LogP) is 4.94. The summed E-state index contributed by atoms with van der Waals surface area (Å²) >= 11 is 6.11. The fraction of sp³-hybridized carbons (Fsp3) is 0.364. The van der Waals surface area contributed by atoms with Gasteiger partial charge in [-0.2, -0.15) is 13.2 Å². The normalized spacial score (nSPS) is 24.3. The van der Waals surface area contributed by atoms with Crippen LogP contribution < -0.4 is 14.8 Å². The van der Waals surface area contributed by atoms with Crippen LogP contribution in [0.25, 0.3) is 10.9 Å². The second-order valence-electron chi connectivity index (χ2n) is 7.83. The first-order valence-corrected chi connectivity index (χ1v) is 10.6. The van der Waals surface area contributed by atoms with Crippen LogP contribution in [0.15, 0.2) is 36.7 Å². The van der Waals surface area contributed by atoms with Crippen molar-refractivity contribution in [3.63, 3.8) is 0 Å². The van der Waals surface area contributed by atoms with E-state index in [1.807, 2.05) is 0 Å². The lowest BCUT2D eigenvalue weighted by molar-refractivity contribution is -0.137. The molecule has 0 bridgehead atoms. The summed E-state index contributed by atoms with van der Waals surface area (Å²) < 4.78 is 75.7. The highest BCUT2D eigenvalue weighted by Gasteiger charge is 2.49. The van der Waals surface area contributed by atoms with Crippen molar-refractivity contribution in [2.45, 2.75) is 30.7 Å². The zero-order valence-corrected chi connectivity index (χ0v) is 18.4. The number of rotatable bonds is 5. The fourth-order valence-electron chi connectivity index (χ4n) is 4.02.